The number of rotatable bonds is 5. The van der Waals surface area contributed by atoms with Crippen molar-refractivity contribution in [2.75, 3.05) is 49.2 Å². The quantitative estimate of drug-likeness (QED) is 0.765. The van der Waals surface area contributed by atoms with Crippen molar-refractivity contribution >= 4 is 29.9 Å². The van der Waals surface area contributed by atoms with Crippen molar-refractivity contribution in [3.63, 3.8) is 0 Å². The Bertz CT molecular complexity index is 582. The Morgan fingerprint density at radius 2 is 2.00 bits per heavy atom. The first-order valence-corrected chi connectivity index (χ1v) is 9.06. The molecule has 2 unspecified atom stereocenters. The Kier molecular flexibility index (Phi) is 7.86. The summed E-state index contributed by atoms with van der Waals surface area (Å²) < 4.78 is 5.40. The summed E-state index contributed by atoms with van der Waals surface area (Å²) in [5, 5.41) is 3.10. The number of carbonyl (C=O) groups is 1. The standard InChI is InChI=1S/C17H28N6O2.ClH/c1-13(18)9-17(24)21-14-3-2-4-23(11-14)16-10-15(19-12-20-16)22-5-7-25-8-6-22;/h10,12-14H,2-9,11,18H2,1H3,(H,21,24);1H. The van der Waals surface area contributed by atoms with E-state index in [1.807, 2.05) is 13.0 Å². The molecule has 1 aromatic heterocycles. The third-order valence-corrected chi connectivity index (χ3v) is 4.59. The van der Waals surface area contributed by atoms with Crippen LogP contribution in [-0.2, 0) is 9.53 Å². The lowest BCUT2D eigenvalue weighted by atomic mass is 10.1. The van der Waals surface area contributed by atoms with Gasteiger partial charge in [0.2, 0.25) is 5.91 Å². The van der Waals surface area contributed by atoms with Crippen molar-refractivity contribution in [3.8, 4) is 0 Å². The predicted molar refractivity (Wildman–Crippen MR) is 104 cm³/mol. The zero-order valence-corrected chi connectivity index (χ0v) is 16.1. The van der Waals surface area contributed by atoms with Crippen LogP contribution in [0.5, 0.6) is 0 Å². The summed E-state index contributed by atoms with van der Waals surface area (Å²) >= 11 is 0. The van der Waals surface area contributed by atoms with Crippen LogP contribution in [0.1, 0.15) is 26.2 Å². The van der Waals surface area contributed by atoms with E-state index < -0.39 is 0 Å². The van der Waals surface area contributed by atoms with Crippen LogP contribution in [0, 0.1) is 0 Å². The molecule has 2 atom stereocenters. The largest absolute Gasteiger partial charge is 0.378 e. The van der Waals surface area contributed by atoms with Crippen molar-refractivity contribution in [1.29, 1.82) is 0 Å². The van der Waals surface area contributed by atoms with Gasteiger partial charge in [0.1, 0.15) is 18.0 Å². The molecule has 9 heteroatoms. The van der Waals surface area contributed by atoms with Crippen molar-refractivity contribution in [2.24, 2.45) is 5.73 Å². The van der Waals surface area contributed by atoms with Crippen LogP contribution < -0.4 is 20.9 Å². The molecule has 2 fully saturated rings. The molecule has 26 heavy (non-hydrogen) atoms. The summed E-state index contributed by atoms with van der Waals surface area (Å²) in [6.07, 6.45) is 4.01. The molecule has 2 saturated heterocycles. The number of piperidine rings is 1. The topological polar surface area (TPSA) is 96.6 Å². The van der Waals surface area contributed by atoms with Crippen molar-refractivity contribution in [2.45, 2.75) is 38.3 Å². The first-order valence-electron chi connectivity index (χ1n) is 9.06. The van der Waals surface area contributed by atoms with Crippen LogP contribution in [0.3, 0.4) is 0 Å². The predicted octanol–water partition coefficient (Wildman–Crippen LogP) is 0.557. The van der Waals surface area contributed by atoms with Crippen LogP contribution in [0.4, 0.5) is 11.6 Å². The van der Waals surface area contributed by atoms with Crippen LogP contribution in [0.15, 0.2) is 12.4 Å². The Hall–Kier alpha value is -1.64. The fraction of sp³-hybridized carbons (Fsp3) is 0.706. The molecular formula is C17H29ClN6O2. The molecular weight excluding hydrogens is 356 g/mol. The highest BCUT2D eigenvalue weighted by atomic mass is 35.5. The Balaban J connectivity index is 0.00000243. The molecule has 0 spiro atoms. The Morgan fingerprint density at radius 3 is 2.69 bits per heavy atom. The Labute approximate surface area is 160 Å². The zero-order chi connectivity index (χ0) is 17.6. The fourth-order valence-electron chi connectivity index (χ4n) is 3.36. The number of hydrogen-bond donors (Lipinski definition) is 2. The monoisotopic (exact) mass is 384 g/mol. The lowest BCUT2D eigenvalue weighted by Crippen LogP contribution is -2.48. The maximum Gasteiger partial charge on any atom is 0.221 e. The normalized spacial score (nSPS) is 21.7. The SMILES string of the molecule is CC(N)CC(=O)NC1CCCN(c2cc(N3CCOCC3)ncn2)C1.Cl. The minimum Gasteiger partial charge on any atom is -0.378 e. The van der Waals surface area contributed by atoms with E-state index in [0.717, 1.165) is 63.9 Å². The maximum absolute atomic E-state index is 12.0. The van der Waals surface area contributed by atoms with Gasteiger partial charge in [0.15, 0.2) is 0 Å². The molecule has 0 saturated carbocycles. The van der Waals surface area contributed by atoms with Gasteiger partial charge in [-0.2, -0.15) is 0 Å². The van der Waals surface area contributed by atoms with E-state index in [4.69, 9.17) is 10.5 Å². The van der Waals surface area contributed by atoms with Gasteiger partial charge in [-0.3, -0.25) is 4.79 Å². The number of ether oxygens (including phenoxy) is 1. The van der Waals surface area contributed by atoms with Crippen molar-refractivity contribution < 1.29 is 9.53 Å². The summed E-state index contributed by atoms with van der Waals surface area (Å²) in [5.41, 5.74) is 5.70. The molecule has 1 amide bonds. The van der Waals surface area contributed by atoms with Gasteiger partial charge >= 0.3 is 0 Å². The molecule has 3 N–H and O–H groups in total. The number of aromatic nitrogens is 2. The molecule has 0 bridgehead atoms. The number of amides is 1. The summed E-state index contributed by atoms with van der Waals surface area (Å²) in [6.45, 7) is 6.73. The molecule has 0 radical (unpaired) electrons. The van der Waals surface area contributed by atoms with Crippen LogP contribution >= 0.6 is 12.4 Å². The van der Waals surface area contributed by atoms with Crippen molar-refractivity contribution in [1.82, 2.24) is 15.3 Å². The molecule has 1 aromatic rings. The molecule has 3 rings (SSSR count). The summed E-state index contributed by atoms with van der Waals surface area (Å²) in [6, 6.07) is 2.07. The van der Waals surface area contributed by atoms with E-state index in [2.05, 4.69) is 25.1 Å². The third-order valence-electron chi connectivity index (χ3n) is 4.59. The molecule has 0 aromatic carbocycles. The van der Waals surface area contributed by atoms with Gasteiger partial charge in [0.25, 0.3) is 0 Å². The minimum atomic E-state index is -0.113. The maximum atomic E-state index is 12.0. The zero-order valence-electron chi connectivity index (χ0n) is 15.3. The number of nitrogens with two attached hydrogens (primary N) is 1. The van der Waals surface area contributed by atoms with E-state index in [0.29, 0.717) is 6.42 Å². The smallest absolute Gasteiger partial charge is 0.221 e. The summed E-state index contributed by atoms with van der Waals surface area (Å²) in [5.74, 6) is 1.89. The van der Waals surface area contributed by atoms with E-state index in [1.54, 1.807) is 6.33 Å². The second-order valence-electron chi connectivity index (χ2n) is 6.87. The first kappa shape index (κ1) is 20.7. The molecule has 8 nitrogen and oxygen atoms in total. The van der Waals surface area contributed by atoms with Gasteiger partial charge in [-0.05, 0) is 19.8 Å². The van der Waals surface area contributed by atoms with Crippen LogP contribution in [0.2, 0.25) is 0 Å². The molecule has 2 aliphatic rings. The highest BCUT2D eigenvalue weighted by molar-refractivity contribution is 5.85. The number of nitrogens with one attached hydrogen (secondary N) is 1. The van der Waals surface area contributed by atoms with E-state index in [-0.39, 0.29) is 30.4 Å². The van der Waals surface area contributed by atoms with Crippen LogP contribution in [-0.4, -0.2) is 67.4 Å². The van der Waals surface area contributed by atoms with E-state index in [1.165, 1.54) is 0 Å². The highest BCUT2D eigenvalue weighted by Gasteiger charge is 2.23. The average molecular weight is 385 g/mol. The van der Waals surface area contributed by atoms with Crippen LogP contribution in [0.25, 0.3) is 0 Å². The number of morpholine rings is 1. The minimum absolute atomic E-state index is 0. The van der Waals surface area contributed by atoms with Crippen molar-refractivity contribution in [3.05, 3.63) is 12.4 Å². The van der Waals surface area contributed by atoms with E-state index in [9.17, 15) is 4.79 Å². The van der Waals surface area contributed by atoms with Gasteiger partial charge < -0.3 is 25.6 Å². The number of anilines is 2. The Morgan fingerprint density at radius 1 is 1.31 bits per heavy atom. The number of carbonyl (C=O) groups excluding carboxylic acids is 1. The van der Waals surface area contributed by atoms with Gasteiger partial charge in [0.05, 0.1) is 13.2 Å². The average Bonchev–Trinajstić information content (AvgIpc) is 2.62. The van der Waals surface area contributed by atoms with Gasteiger partial charge in [-0.1, -0.05) is 0 Å². The third kappa shape index (κ3) is 5.69. The number of halogens is 1. The second-order valence-corrected chi connectivity index (χ2v) is 6.87. The number of nitrogens with zero attached hydrogens (tertiary/aromatic N) is 4. The fourth-order valence-corrected chi connectivity index (χ4v) is 3.36. The molecule has 146 valence electrons. The molecule has 2 aliphatic heterocycles. The summed E-state index contributed by atoms with van der Waals surface area (Å²) in [7, 11) is 0. The number of hydrogen-bond acceptors (Lipinski definition) is 7. The van der Waals surface area contributed by atoms with Gasteiger partial charge in [0, 0.05) is 50.7 Å². The second kappa shape index (κ2) is 9.89. The molecule has 0 aliphatic carbocycles. The summed E-state index contributed by atoms with van der Waals surface area (Å²) in [4.78, 5) is 25.3. The van der Waals surface area contributed by atoms with Gasteiger partial charge in [-0.15, -0.1) is 12.4 Å². The lowest BCUT2D eigenvalue weighted by molar-refractivity contribution is -0.122. The lowest BCUT2D eigenvalue weighted by Gasteiger charge is -2.35. The van der Waals surface area contributed by atoms with Gasteiger partial charge in [-0.25, -0.2) is 9.97 Å². The highest BCUT2D eigenvalue weighted by Crippen LogP contribution is 2.22. The molecule has 3 heterocycles. The first-order chi connectivity index (χ1) is 12.1. The van der Waals surface area contributed by atoms with E-state index >= 15 is 0 Å².